The summed E-state index contributed by atoms with van der Waals surface area (Å²) in [5.41, 5.74) is -0.639. The molecule has 174 valence electrons. The van der Waals surface area contributed by atoms with E-state index in [-0.39, 0.29) is 22.7 Å². The van der Waals surface area contributed by atoms with Crippen LogP contribution in [0.25, 0.3) is 10.2 Å². The average Bonchev–Trinajstić information content (AvgIpc) is 3.09. The van der Waals surface area contributed by atoms with Crippen LogP contribution in [0.1, 0.15) is 35.5 Å². The van der Waals surface area contributed by atoms with Crippen molar-refractivity contribution in [1.29, 1.82) is 0 Å². The fourth-order valence-corrected chi connectivity index (χ4v) is 5.42. The van der Waals surface area contributed by atoms with E-state index in [9.17, 15) is 23.2 Å². The molecule has 0 aliphatic carbocycles. The number of nitrogens with one attached hydrogen (secondary N) is 1. The molecular formula is C23H24F2N4O3S. The van der Waals surface area contributed by atoms with E-state index in [4.69, 9.17) is 0 Å². The molecule has 1 aliphatic heterocycles. The lowest BCUT2D eigenvalue weighted by molar-refractivity contribution is -0.134. The highest BCUT2D eigenvalue weighted by molar-refractivity contribution is 7.20. The van der Waals surface area contributed by atoms with Crippen LogP contribution in [0.4, 0.5) is 14.5 Å². The van der Waals surface area contributed by atoms with Gasteiger partial charge in [-0.15, -0.1) is 11.3 Å². The summed E-state index contributed by atoms with van der Waals surface area (Å²) in [5.74, 6) is -1.90. The standard InChI is InChI=1S/C23H24F2N4O3S/c1-12-7-13(2)9-28(8-12)17(30)10-29-11-26-22-18(23(29)32)14(3)20(33-22)21(31)27-19-15(24)5-4-6-16(19)25/h4-6,11-13H,7-10H2,1-3H3,(H,27,31)/t12-,13-/m0/s1. The minimum absolute atomic E-state index is 0.125. The minimum Gasteiger partial charge on any atom is -0.341 e. The number of halogens is 2. The summed E-state index contributed by atoms with van der Waals surface area (Å²) in [6.45, 7) is 6.95. The Labute approximate surface area is 193 Å². The zero-order valence-corrected chi connectivity index (χ0v) is 19.3. The monoisotopic (exact) mass is 474 g/mol. The van der Waals surface area contributed by atoms with Gasteiger partial charge in [-0.1, -0.05) is 19.9 Å². The summed E-state index contributed by atoms with van der Waals surface area (Å²) in [6.07, 6.45) is 2.36. The van der Waals surface area contributed by atoms with Crippen molar-refractivity contribution in [3.05, 3.63) is 57.0 Å². The fraction of sp³-hybridized carbons (Fsp3) is 0.391. The molecule has 2 amide bonds. The maximum Gasteiger partial charge on any atom is 0.266 e. The van der Waals surface area contributed by atoms with Gasteiger partial charge < -0.3 is 10.2 Å². The molecule has 2 aromatic heterocycles. The Balaban J connectivity index is 1.61. The van der Waals surface area contributed by atoms with Crippen molar-refractivity contribution in [2.24, 2.45) is 11.8 Å². The van der Waals surface area contributed by atoms with Gasteiger partial charge >= 0.3 is 0 Å². The maximum absolute atomic E-state index is 13.9. The molecule has 1 aromatic carbocycles. The number of anilines is 1. The summed E-state index contributed by atoms with van der Waals surface area (Å²) >= 11 is 0.957. The summed E-state index contributed by atoms with van der Waals surface area (Å²) in [5, 5.41) is 2.46. The molecular weight excluding hydrogens is 450 g/mol. The third kappa shape index (κ3) is 4.52. The Bertz CT molecular complexity index is 1270. The minimum atomic E-state index is -0.901. The number of hydrogen-bond donors (Lipinski definition) is 1. The summed E-state index contributed by atoms with van der Waals surface area (Å²) < 4.78 is 29.1. The van der Waals surface area contributed by atoms with Gasteiger partial charge in [0.25, 0.3) is 11.5 Å². The van der Waals surface area contributed by atoms with Crippen molar-refractivity contribution in [2.45, 2.75) is 33.7 Å². The van der Waals surface area contributed by atoms with Crippen LogP contribution in [-0.2, 0) is 11.3 Å². The fourth-order valence-electron chi connectivity index (χ4n) is 4.39. The molecule has 3 heterocycles. The predicted molar refractivity (Wildman–Crippen MR) is 122 cm³/mol. The van der Waals surface area contributed by atoms with E-state index in [1.165, 1.54) is 17.0 Å². The van der Waals surface area contributed by atoms with Crippen molar-refractivity contribution >= 4 is 39.1 Å². The molecule has 1 N–H and O–H groups in total. The van der Waals surface area contributed by atoms with Crippen LogP contribution in [0.2, 0.25) is 0 Å². The molecule has 7 nitrogen and oxygen atoms in total. The zero-order chi connectivity index (χ0) is 23.9. The first-order valence-corrected chi connectivity index (χ1v) is 11.5. The number of aromatic nitrogens is 2. The molecule has 0 radical (unpaired) electrons. The number of hydrogen-bond acceptors (Lipinski definition) is 5. The van der Waals surface area contributed by atoms with Gasteiger partial charge in [-0.3, -0.25) is 19.0 Å². The van der Waals surface area contributed by atoms with E-state index in [0.29, 0.717) is 35.3 Å². The highest BCUT2D eigenvalue weighted by Crippen LogP contribution is 2.29. The number of thiophene rings is 1. The van der Waals surface area contributed by atoms with Gasteiger partial charge in [0.15, 0.2) is 0 Å². The van der Waals surface area contributed by atoms with Crippen LogP contribution in [0.15, 0.2) is 29.3 Å². The third-order valence-corrected chi connectivity index (χ3v) is 7.05. The normalized spacial score (nSPS) is 18.5. The third-order valence-electron chi connectivity index (χ3n) is 5.85. The zero-order valence-electron chi connectivity index (χ0n) is 18.5. The van der Waals surface area contributed by atoms with Crippen molar-refractivity contribution in [3.63, 3.8) is 0 Å². The van der Waals surface area contributed by atoms with Gasteiger partial charge in [-0.25, -0.2) is 13.8 Å². The number of piperidine rings is 1. The van der Waals surface area contributed by atoms with Gasteiger partial charge in [0, 0.05) is 13.1 Å². The molecule has 2 atom stereocenters. The summed E-state index contributed by atoms with van der Waals surface area (Å²) in [7, 11) is 0. The van der Waals surface area contributed by atoms with Gasteiger partial charge in [-0.2, -0.15) is 0 Å². The topological polar surface area (TPSA) is 84.3 Å². The van der Waals surface area contributed by atoms with E-state index in [1.54, 1.807) is 11.8 Å². The predicted octanol–water partition coefficient (Wildman–Crippen LogP) is 3.80. The number of likely N-dealkylation sites (tertiary alicyclic amines) is 1. The first-order valence-electron chi connectivity index (χ1n) is 10.7. The number of fused-ring (bicyclic) bond motifs is 1. The molecule has 0 spiro atoms. The lowest BCUT2D eigenvalue weighted by atomic mass is 9.92. The number of nitrogens with zero attached hydrogens (tertiary/aromatic N) is 3. The molecule has 0 bridgehead atoms. The van der Waals surface area contributed by atoms with Crippen LogP contribution >= 0.6 is 11.3 Å². The Morgan fingerprint density at radius 2 is 1.82 bits per heavy atom. The number of amides is 2. The van der Waals surface area contributed by atoms with Crippen molar-refractivity contribution in [2.75, 3.05) is 18.4 Å². The van der Waals surface area contributed by atoms with E-state index >= 15 is 0 Å². The van der Waals surface area contributed by atoms with Crippen LogP contribution in [0.3, 0.4) is 0 Å². The van der Waals surface area contributed by atoms with Crippen LogP contribution < -0.4 is 10.9 Å². The molecule has 3 aromatic rings. The first kappa shape index (κ1) is 23.0. The number of carbonyl (C=O) groups excluding carboxylic acids is 2. The second-order valence-electron chi connectivity index (χ2n) is 8.71. The molecule has 0 saturated carbocycles. The van der Waals surface area contributed by atoms with Gasteiger partial charge in [0.2, 0.25) is 5.91 Å². The number of rotatable bonds is 4. The largest absolute Gasteiger partial charge is 0.341 e. The SMILES string of the molecule is Cc1c(C(=O)Nc2c(F)cccc2F)sc2ncn(CC(=O)N3C[C@@H](C)C[C@H](C)C3)c(=O)c12. The van der Waals surface area contributed by atoms with Crippen molar-refractivity contribution in [1.82, 2.24) is 14.5 Å². The van der Waals surface area contributed by atoms with E-state index in [2.05, 4.69) is 24.1 Å². The van der Waals surface area contributed by atoms with Crippen LogP contribution in [0, 0.1) is 30.4 Å². The quantitative estimate of drug-likeness (QED) is 0.624. The molecule has 1 aliphatic rings. The lowest BCUT2D eigenvalue weighted by Crippen LogP contribution is -2.44. The van der Waals surface area contributed by atoms with Crippen LogP contribution in [0.5, 0.6) is 0 Å². The smallest absolute Gasteiger partial charge is 0.266 e. The van der Waals surface area contributed by atoms with Crippen LogP contribution in [-0.4, -0.2) is 39.4 Å². The molecule has 4 rings (SSSR count). The molecule has 1 fully saturated rings. The Morgan fingerprint density at radius 1 is 1.18 bits per heavy atom. The van der Waals surface area contributed by atoms with Gasteiger partial charge in [0.1, 0.15) is 28.7 Å². The summed E-state index contributed by atoms with van der Waals surface area (Å²) in [6, 6.07) is 3.28. The number of benzene rings is 1. The van der Waals surface area contributed by atoms with Gasteiger partial charge in [0.05, 0.1) is 16.6 Å². The average molecular weight is 475 g/mol. The van der Waals surface area contributed by atoms with Gasteiger partial charge in [-0.05, 0) is 42.9 Å². The Morgan fingerprint density at radius 3 is 2.45 bits per heavy atom. The maximum atomic E-state index is 13.9. The molecule has 1 saturated heterocycles. The second-order valence-corrected chi connectivity index (χ2v) is 9.71. The highest BCUT2D eigenvalue weighted by Gasteiger charge is 2.26. The van der Waals surface area contributed by atoms with E-state index < -0.39 is 28.8 Å². The van der Waals surface area contributed by atoms with Crippen molar-refractivity contribution in [3.8, 4) is 0 Å². The molecule has 33 heavy (non-hydrogen) atoms. The highest BCUT2D eigenvalue weighted by atomic mass is 32.1. The molecule has 0 unspecified atom stereocenters. The number of para-hydroxylation sites is 1. The van der Waals surface area contributed by atoms with Crippen molar-refractivity contribution < 1.29 is 18.4 Å². The number of aryl methyl sites for hydroxylation is 1. The molecule has 10 heteroatoms. The van der Waals surface area contributed by atoms with E-state index in [0.717, 1.165) is 29.9 Å². The lowest BCUT2D eigenvalue weighted by Gasteiger charge is -2.35. The Hall–Kier alpha value is -3.14. The number of carbonyl (C=O) groups is 2. The second kappa shape index (κ2) is 9.01. The van der Waals surface area contributed by atoms with E-state index in [1.807, 2.05) is 0 Å². The summed E-state index contributed by atoms with van der Waals surface area (Å²) in [4.78, 5) is 45.1. The Kier molecular flexibility index (Phi) is 6.29. The first-order chi connectivity index (χ1) is 15.7.